The van der Waals surface area contributed by atoms with Gasteiger partial charge in [0, 0.05) is 18.8 Å². The quantitative estimate of drug-likeness (QED) is 0.836. The molecule has 3 heterocycles. The SMILES string of the molecule is O=S(=O)(c1ccc2c(c1)OCO2)N1CC[C@H](Oc2cccnc2)C1. The second-order valence-electron chi connectivity index (χ2n) is 5.60. The minimum absolute atomic E-state index is 0.115. The number of ether oxygens (including phenoxy) is 3. The molecule has 0 unspecified atom stereocenters. The third-order valence-corrected chi connectivity index (χ3v) is 5.89. The Labute approximate surface area is 139 Å². The van der Waals surface area contributed by atoms with Gasteiger partial charge in [0.25, 0.3) is 0 Å². The van der Waals surface area contributed by atoms with Crippen LogP contribution in [0.15, 0.2) is 47.6 Å². The van der Waals surface area contributed by atoms with Crippen LogP contribution in [0.5, 0.6) is 17.2 Å². The molecule has 0 radical (unpaired) electrons. The van der Waals surface area contributed by atoms with Crippen LogP contribution in [0.3, 0.4) is 0 Å². The first-order chi connectivity index (χ1) is 11.6. The van der Waals surface area contributed by atoms with E-state index >= 15 is 0 Å². The lowest BCUT2D eigenvalue weighted by Crippen LogP contribution is -2.31. The standard InChI is InChI=1S/C16H16N2O5S/c19-24(20,14-3-4-15-16(8-14)22-11-21-15)18-7-5-13(10-18)23-12-2-1-6-17-9-12/h1-4,6,8-9,13H,5,7,10-11H2/t13-/m0/s1. The van der Waals surface area contributed by atoms with Crippen LogP contribution in [0.25, 0.3) is 0 Å². The molecule has 2 aliphatic heterocycles. The van der Waals surface area contributed by atoms with Gasteiger partial charge in [-0.2, -0.15) is 4.31 Å². The number of benzene rings is 1. The summed E-state index contributed by atoms with van der Waals surface area (Å²) in [5, 5.41) is 0. The molecular formula is C16H16N2O5S. The van der Waals surface area contributed by atoms with E-state index in [-0.39, 0.29) is 17.8 Å². The van der Waals surface area contributed by atoms with Gasteiger partial charge in [-0.25, -0.2) is 8.42 Å². The van der Waals surface area contributed by atoms with E-state index in [2.05, 4.69) is 4.98 Å². The minimum Gasteiger partial charge on any atom is -0.487 e. The van der Waals surface area contributed by atoms with Crippen LogP contribution in [0, 0.1) is 0 Å². The van der Waals surface area contributed by atoms with Crippen molar-refractivity contribution in [1.82, 2.24) is 9.29 Å². The fraction of sp³-hybridized carbons (Fsp3) is 0.312. The zero-order valence-corrected chi connectivity index (χ0v) is 13.6. The molecule has 2 aliphatic rings. The van der Waals surface area contributed by atoms with Crippen LogP contribution in [0.4, 0.5) is 0 Å². The van der Waals surface area contributed by atoms with E-state index in [0.717, 1.165) is 0 Å². The average molecular weight is 348 g/mol. The zero-order valence-electron chi connectivity index (χ0n) is 12.8. The zero-order chi connectivity index (χ0) is 16.6. The molecule has 126 valence electrons. The van der Waals surface area contributed by atoms with Crippen LogP contribution in [-0.2, 0) is 10.0 Å². The summed E-state index contributed by atoms with van der Waals surface area (Å²) < 4.78 is 43.3. The van der Waals surface area contributed by atoms with Gasteiger partial charge < -0.3 is 14.2 Å². The van der Waals surface area contributed by atoms with Gasteiger partial charge in [0.2, 0.25) is 16.8 Å². The first kappa shape index (κ1) is 15.2. The number of hydrogen-bond donors (Lipinski definition) is 0. The Morgan fingerprint density at radius 1 is 1.21 bits per heavy atom. The van der Waals surface area contributed by atoms with Crippen LogP contribution >= 0.6 is 0 Å². The predicted molar refractivity (Wildman–Crippen MR) is 84.6 cm³/mol. The summed E-state index contributed by atoms with van der Waals surface area (Å²) in [5.41, 5.74) is 0. The van der Waals surface area contributed by atoms with Gasteiger partial charge in [-0.05, 0) is 30.7 Å². The van der Waals surface area contributed by atoms with E-state index in [1.807, 2.05) is 6.07 Å². The Bertz CT molecular complexity index is 841. The number of aromatic nitrogens is 1. The molecule has 8 heteroatoms. The fourth-order valence-electron chi connectivity index (χ4n) is 2.81. The van der Waals surface area contributed by atoms with Gasteiger partial charge >= 0.3 is 0 Å². The Hall–Kier alpha value is -2.32. The van der Waals surface area contributed by atoms with Crippen molar-refractivity contribution in [2.45, 2.75) is 17.4 Å². The van der Waals surface area contributed by atoms with E-state index in [9.17, 15) is 8.42 Å². The molecule has 1 aromatic heterocycles. The Morgan fingerprint density at radius 2 is 2.08 bits per heavy atom. The number of hydrogen-bond acceptors (Lipinski definition) is 6. The van der Waals surface area contributed by atoms with Gasteiger partial charge in [0.1, 0.15) is 11.9 Å². The van der Waals surface area contributed by atoms with Gasteiger partial charge in [0.05, 0.1) is 17.6 Å². The molecule has 0 N–H and O–H groups in total. The summed E-state index contributed by atoms with van der Waals surface area (Å²) in [5.74, 6) is 1.66. The molecule has 0 aliphatic carbocycles. The third-order valence-electron chi connectivity index (χ3n) is 4.03. The maximum atomic E-state index is 12.8. The van der Waals surface area contributed by atoms with Gasteiger partial charge in [-0.1, -0.05) is 0 Å². The van der Waals surface area contributed by atoms with Crippen LogP contribution in [0.1, 0.15) is 6.42 Å². The summed E-state index contributed by atoms with van der Waals surface area (Å²) in [6.45, 7) is 0.844. The van der Waals surface area contributed by atoms with Gasteiger partial charge in [0.15, 0.2) is 11.5 Å². The molecule has 24 heavy (non-hydrogen) atoms. The molecule has 0 amide bonds. The molecule has 1 atom stereocenters. The van der Waals surface area contributed by atoms with E-state index < -0.39 is 10.0 Å². The Kier molecular flexibility index (Phi) is 3.78. The summed E-state index contributed by atoms with van der Waals surface area (Å²) in [6, 6.07) is 8.26. The van der Waals surface area contributed by atoms with E-state index in [4.69, 9.17) is 14.2 Å². The maximum Gasteiger partial charge on any atom is 0.243 e. The van der Waals surface area contributed by atoms with Crippen molar-refractivity contribution in [3.63, 3.8) is 0 Å². The van der Waals surface area contributed by atoms with Crippen LogP contribution in [0.2, 0.25) is 0 Å². The van der Waals surface area contributed by atoms with E-state index in [0.29, 0.717) is 36.8 Å². The maximum absolute atomic E-state index is 12.8. The lowest BCUT2D eigenvalue weighted by molar-refractivity contribution is 0.174. The van der Waals surface area contributed by atoms with Crippen molar-refractivity contribution >= 4 is 10.0 Å². The molecule has 0 bridgehead atoms. The lowest BCUT2D eigenvalue weighted by Gasteiger charge is -2.17. The summed E-state index contributed by atoms with van der Waals surface area (Å²) in [4.78, 5) is 4.20. The Morgan fingerprint density at radius 3 is 2.92 bits per heavy atom. The van der Waals surface area contributed by atoms with Gasteiger partial charge in [-0.15, -0.1) is 0 Å². The van der Waals surface area contributed by atoms with Gasteiger partial charge in [-0.3, -0.25) is 4.98 Å². The van der Waals surface area contributed by atoms with Crippen molar-refractivity contribution in [3.8, 4) is 17.2 Å². The molecular weight excluding hydrogens is 332 g/mol. The molecule has 1 fully saturated rings. The third kappa shape index (κ3) is 2.78. The number of nitrogens with zero attached hydrogens (tertiary/aromatic N) is 2. The van der Waals surface area contributed by atoms with Crippen molar-refractivity contribution < 1.29 is 22.6 Å². The topological polar surface area (TPSA) is 78.0 Å². The van der Waals surface area contributed by atoms with Crippen LogP contribution < -0.4 is 14.2 Å². The molecule has 2 aromatic rings. The van der Waals surface area contributed by atoms with Crippen LogP contribution in [-0.4, -0.2) is 43.7 Å². The first-order valence-electron chi connectivity index (χ1n) is 7.59. The second kappa shape index (κ2) is 5.95. The fourth-order valence-corrected chi connectivity index (χ4v) is 4.31. The summed E-state index contributed by atoms with van der Waals surface area (Å²) in [6.07, 6.45) is 3.74. The highest BCUT2D eigenvalue weighted by molar-refractivity contribution is 7.89. The number of fused-ring (bicyclic) bond motifs is 1. The smallest absolute Gasteiger partial charge is 0.243 e. The highest BCUT2D eigenvalue weighted by Gasteiger charge is 2.34. The predicted octanol–water partition coefficient (Wildman–Crippen LogP) is 1.65. The normalized spacial score (nSPS) is 20.2. The largest absolute Gasteiger partial charge is 0.487 e. The minimum atomic E-state index is -3.58. The number of pyridine rings is 1. The van der Waals surface area contributed by atoms with Crippen molar-refractivity contribution in [1.29, 1.82) is 0 Å². The second-order valence-corrected chi connectivity index (χ2v) is 7.53. The van der Waals surface area contributed by atoms with E-state index in [1.165, 1.54) is 16.4 Å². The first-order valence-corrected chi connectivity index (χ1v) is 9.03. The van der Waals surface area contributed by atoms with Crippen molar-refractivity contribution in [3.05, 3.63) is 42.7 Å². The Balaban J connectivity index is 1.49. The summed E-state index contributed by atoms with van der Waals surface area (Å²) >= 11 is 0. The van der Waals surface area contributed by atoms with E-state index in [1.54, 1.807) is 24.5 Å². The van der Waals surface area contributed by atoms with Crippen molar-refractivity contribution in [2.24, 2.45) is 0 Å². The molecule has 1 aromatic carbocycles. The monoisotopic (exact) mass is 348 g/mol. The average Bonchev–Trinajstić information content (AvgIpc) is 3.24. The number of rotatable bonds is 4. The highest BCUT2D eigenvalue weighted by atomic mass is 32.2. The lowest BCUT2D eigenvalue weighted by atomic mass is 10.3. The molecule has 7 nitrogen and oxygen atoms in total. The van der Waals surface area contributed by atoms with Crippen molar-refractivity contribution in [2.75, 3.05) is 19.9 Å². The molecule has 0 spiro atoms. The molecule has 0 saturated carbocycles. The highest BCUT2D eigenvalue weighted by Crippen LogP contribution is 2.35. The molecule has 4 rings (SSSR count). The summed E-state index contributed by atoms with van der Waals surface area (Å²) in [7, 11) is -3.58. The molecule has 1 saturated heterocycles. The number of sulfonamides is 1.